The lowest BCUT2D eigenvalue weighted by Crippen LogP contribution is -2.37. The molecule has 2 aromatic rings. The number of carboxylic acid groups (broad SMARTS) is 1. The standard InChI is InChI=1S/C19H19NO3S/c21-18(16-12-24-17-9-5-4-8-15(16)17)20-11-14(19(22)23)10-13-6-2-1-3-7-13/h1-9,14,16H,10-12H2,(H,20,21)(H,22,23). The molecule has 5 heteroatoms. The molecule has 124 valence electrons. The van der Waals surface area contributed by atoms with Gasteiger partial charge in [0.05, 0.1) is 11.8 Å². The van der Waals surface area contributed by atoms with Gasteiger partial charge < -0.3 is 10.4 Å². The van der Waals surface area contributed by atoms with Crippen LogP contribution in [-0.2, 0) is 16.0 Å². The molecule has 0 bridgehead atoms. The second kappa shape index (κ2) is 7.53. The molecule has 2 atom stereocenters. The molecule has 0 aromatic heterocycles. The number of amides is 1. The number of fused-ring (bicyclic) bond motifs is 1. The summed E-state index contributed by atoms with van der Waals surface area (Å²) in [5.74, 6) is -1.09. The third kappa shape index (κ3) is 3.79. The van der Waals surface area contributed by atoms with Crippen LogP contribution in [0.1, 0.15) is 17.0 Å². The summed E-state index contributed by atoms with van der Waals surface area (Å²) in [7, 11) is 0. The number of rotatable bonds is 6. The van der Waals surface area contributed by atoms with Crippen molar-refractivity contribution >= 4 is 23.6 Å². The highest BCUT2D eigenvalue weighted by molar-refractivity contribution is 7.99. The normalized spacial score (nSPS) is 17.1. The fourth-order valence-corrected chi connectivity index (χ4v) is 4.10. The van der Waals surface area contributed by atoms with Crippen LogP contribution in [0.5, 0.6) is 0 Å². The first-order chi connectivity index (χ1) is 11.6. The van der Waals surface area contributed by atoms with Crippen molar-refractivity contribution in [2.45, 2.75) is 17.2 Å². The Morgan fingerprint density at radius 2 is 1.83 bits per heavy atom. The first-order valence-corrected chi connectivity index (χ1v) is 8.90. The maximum atomic E-state index is 12.5. The molecule has 2 N–H and O–H groups in total. The van der Waals surface area contributed by atoms with Crippen LogP contribution in [0.3, 0.4) is 0 Å². The number of thioether (sulfide) groups is 1. The summed E-state index contributed by atoms with van der Waals surface area (Å²) in [6, 6.07) is 17.4. The molecule has 0 spiro atoms. The average molecular weight is 341 g/mol. The largest absolute Gasteiger partial charge is 0.481 e. The highest BCUT2D eigenvalue weighted by Gasteiger charge is 2.29. The summed E-state index contributed by atoms with van der Waals surface area (Å²) < 4.78 is 0. The predicted octanol–water partition coefficient (Wildman–Crippen LogP) is 2.94. The number of nitrogens with one attached hydrogen (secondary N) is 1. The van der Waals surface area contributed by atoms with Gasteiger partial charge in [-0.2, -0.15) is 0 Å². The summed E-state index contributed by atoms with van der Waals surface area (Å²) in [4.78, 5) is 25.1. The minimum atomic E-state index is -0.889. The molecule has 1 aliphatic heterocycles. The molecule has 2 unspecified atom stereocenters. The second-order valence-corrected chi connectivity index (χ2v) is 6.93. The lowest BCUT2D eigenvalue weighted by Gasteiger charge is -2.16. The summed E-state index contributed by atoms with van der Waals surface area (Å²) in [6.45, 7) is 0.145. The van der Waals surface area contributed by atoms with Crippen molar-refractivity contribution in [1.29, 1.82) is 0 Å². The number of carbonyl (C=O) groups is 2. The number of aliphatic carboxylic acids is 1. The van der Waals surface area contributed by atoms with Gasteiger partial charge in [0.25, 0.3) is 0 Å². The van der Waals surface area contributed by atoms with E-state index in [2.05, 4.69) is 5.32 Å². The Labute approximate surface area is 145 Å². The van der Waals surface area contributed by atoms with Gasteiger partial charge in [-0.05, 0) is 23.6 Å². The lowest BCUT2D eigenvalue weighted by molar-refractivity contribution is -0.141. The van der Waals surface area contributed by atoms with Crippen molar-refractivity contribution in [2.24, 2.45) is 5.92 Å². The molecule has 0 aliphatic carbocycles. The van der Waals surface area contributed by atoms with Crippen LogP contribution in [0.15, 0.2) is 59.5 Å². The molecule has 0 saturated carbocycles. The van der Waals surface area contributed by atoms with E-state index in [9.17, 15) is 14.7 Å². The van der Waals surface area contributed by atoms with Gasteiger partial charge in [-0.1, -0.05) is 48.5 Å². The van der Waals surface area contributed by atoms with Gasteiger partial charge in [0, 0.05) is 17.2 Å². The van der Waals surface area contributed by atoms with Gasteiger partial charge in [0.15, 0.2) is 0 Å². The van der Waals surface area contributed by atoms with E-state index in [1.807, 2.05) is 54.6 Å². The highest BCUT2D eigenvalue weighted by Crippen LogP contribution is 2.39. The van der Waals surface area contributed by atoms with Crippen LogP contribution in [0.2, 0.25) is 0 Å². The molecule has 24 heavy (non-hydrogen) atoms. The molecule has 2 aromatic carbocycles. The Kier molecular flexibility index (Phi) is 5.20. The number of hydrogen-bond acceptors (Lipinski definition) is 3. The zero-order valence-corrected chi connectivity index (χ0v) is 14.0. The Bertz CT molecular complexity index is 732. The topological polar surface area (TPSA) is 66.4 Å². The molecule has 1 heterocycles. The van der Waals surface area contributed by atoms with Crippen molar-refractivity contribution in [3.8, 4) is 0 Å². The van der Waals surface area contributed by atoms with E-state index in [1.165, 1.54) is 0 Å². The van der Waals surface area contributed by atoms with E-state index in [0.717, 1.165) is 16.0 Å². The van der Waals surface area contributed by atoms with Crippen LogP contribution < -0.4 is 5.32 Å². The number of carbonyl (C=O) groups excluding carboxylic acids is 1. The molecular formula is C19H19NO3S. The Balaban J connectivity index is 1.61. The number of hydrogen-bond donors (Lipinski definition) is 2. The van der Waals surface area contributed by atoms with E-state index in [-0.39, 0.29) is 18.4 Å². The Morgan fingerprint density at radius 1 is 1.12 bits per heavy atom. The summed E-state index contributed by atoms with van der Waals surface area (Å²) in [5, 5.41) is 12.2. The van der Waals surface area contributed by atoms with Crippen LogP contribution >= 0.6 is 11.8 Å². The van der Waals surface area contributed by atoms with Crippen molar-refractivity contribution in [3.05, 3.63) is 65.7 Å². The van der Waals surface area contributed by atoms with Crippen molar-refractivity contribution in [2.75, 3.05) is 12.3 Å². The molecular weight excluding hydrogens is 322 g/mol. The molecule has 0 saturated heterocycles. The maximum absolute atomic E-state index is 12.5. The first kappa shape index (κ1) is 16.6. The Morgan fingerprint density at radius 3 is 2.58 bits per heavy atom. The fourth-order valence-electron chi connectivity index (χ4n) is 2.87. The van der Waals surface area contributed by atoms with Crippen molar-refractivity contribution < 1.29 is 14.7 Å². The smallest absolute Gasteiger partial charge is 0.308 e. The van der Waals surface area contributed by atoms with E-state index in [0.29, 0.717) is 12.2 Å². The SMILES string of the molecule is O=C(O)C(CNC(=O)C1CSc2ccccc21)Cc1ccccc1. The van der Waals surface area contributed by atoms with E-state index in [1.54, 1.807) is 11.8 Å². The highest BCUT2D eigenvalue weighted by atomic mass is 32.2. The molecule has 4 nitrogen and oxygen atoms in total. The number of carboxylic acids is 1. The molecule has 3 rings (SSSR count). The van der Waals surface area contributed by atoms with Crippen molar-refractivity contribution in [3.63, 3.8) is 0 Å². The van der Waals surface area contributed by atoms with Crippen LogP contribution in [0, 0.1) is 5.92 Å². The van der Waals surface area contributed by atoms with Gasteiger partial charge in [-0.25, -0.2) is 0 Å². The van der Waals surface area contributed by atoms with Crippen LogP contribution in [0.25, 0.3) is 0 Å². The maximum Gasteiger partial charge on any atom is 0.308 e. The van der Waals surface area contributed by atoms with E-state index < -0.39 is 11.9 Å². The summed E-state index contributed by atoms with van der Waals surface area (Å²) in [6.07, 6.45) is 0.409. The molecule has 1 amide bonds. The molecule has 1 aliphatic rings. The van der Waals surface area contributed by atoms with Crippen LogP contribution in [0.4, 0.5) is 0 Å². The predicted molar refractivity (Wildman–Crippen MR) is 94.2 cm³/mol. The summed E-state index contributed by atoms with van der Waals surface area (Å²) >= 11 is 1.67. The minimum Gasteiger partial charge on any atom is -0.481 e. The van der Waals surface area contributed by atoms with Crippen LogP contribution in [-0.4, -0.2) is 29.3 Å². The van der Waals surface area contributed by atoms with Gasteiger partial charge in [0.1, 0.15) is 0 Å². The van der Waals surface area contributed by atoms with Gasteiger partial charge in [-0.3, -0.25) is 9.59 Å². The van der Waals surface area contributed by atoms with Gasteiger partial charge in [-0.15, -0.1) is 11.8 Å². The second-order valence-electron chi connectivity index (χ2n) is 5.87. The molecule has 0 fully saturated rings. The fraction of sp³-hybridized carbons (Fsp3) is 0.263. The van der Waals surface area contributed by atoms with Gasteiger partial charge in [0.2, 0.25) is 5.91 Å². The quantitative estimate of drug-likeness (QED) is 0.848. The average Bonchev–Trinajstić information content (AvgIpc) is 3.03. The van der Waals surface area contributed by atoms with Crippen molar-refractivity contribution in [1.82, 2.24) is 5.32 Å². The van der Waals surface area contributed by atoms with E-state index in [4.69, 9.17) is 0 Å². The monoisotopic (exact) mass is 341 g/mol. The summed E-state index contributed by atoms with van der Waals surface area (Å²) in [5.41, 5.74) is 2.00. The Hall–Kier alpha value is -2.27. The minimum absolute atomic E-state index is 0.0910. The van der Waals surface area contributed by atoms with E-state index >= 15 is 0 Å². The first-order valence-electron chi connectivity index (χ1n) is 7.91. The zero-order chi connectivity index (χ0) is 16.9. The number of benzene rings is 2. The zero-order valence-electron chi connectivity index (χ0n) is 13.1. The third-order valence-corrected chi connectivity index (χ3v) is 5.40. The third-order valence-electron chi connectivity index (χ3n) is 4.21. The van der Waals surface area contributed by atoms with Gasteiger partial charge >= 0.3 is 5.97 Å². The lowest BCUT2D eigenvalue weighted by atomic mass is 9.97. The molecule has 0 radical (unpaired) electrons.